The van der Waals surface area contributed by atoms with Gasteiger partial charge in [-0.2, -0.15) is 0 Å². The third-order valence-corrected chi connectivity index (χ3v) is 4.96. The number of aromatic amines is 1. The molecule has 0 aliphatic carbocycles. The molecule has 0 saturated carbocycles. The van der Waals surface area contributed by atoms with Crippen molar-refractivity contribution in [2.75, 3.05) is 7.11 Å². The minimum atomic E-state index is -1.17. The molecule has 3 aromatic rings. The molecule has 0 unspecified atom stereocenters. The lowest BCUT2D eigenvalue weighted by molar-refractivity contribution is -0.144. The summed E-state index contributed by atoms with van der Waals surface area (Å²) in [5.41, 5.74) is 0.379. The lowest BCUT2D eigenvalue weighted by Crippen LogP contribution is -2.40. The Morgan fingerprint density at radius 1 is 1.00 bits per heavy atom. The van der Waals surface area contributed by atoms with Gasteiger partial charge in [-0.05, 0) is 35.4 Å². The van der Waals surface area contributed by atoms with E-state index in [-0.39, 0.29) is 0 Å². The maximum atomic E-state index is 13.0. The summed E-state index contributed by atoms with van der Waals surface area (Å²) in [6.07, 6.45) is 3.33. The molecule has 2 aromatic carbocycles. The number of imidazole rings is 1. The van der Waals surface area contributed by atoms with E-state index in [0.29, 0.717) is 5.82 Å². The number of methoxy groups -OCH3 is 1. The number of H-pyrrole nitrogens is 1. The Morgan fingerprint density at radius 2 is 1.50 bits per heavy atom. The standard InChI is InChI=1S/C18H14Br2N2O2/c1-24-17(23)18(16-21-10-11-22-16,12-2-6-14(19)7-3-12)13-4-8-15(20)9-5-13/h2-11H,1H3,(H,21,22). The van der Waals surface area contributed by atoms with Crippen molar-refractivity contribution in [3.63, 3.8) is 0 Å². The summed E-state index contributed by atoms with van der Waals surface area (Å²) >= 11 is 6.87. The van der Waals surface area contributed by atoms with Gasteiger partial charge < -0.3 is 9.72 Å². The number of hydrogen-bond acceptors (Lipinski definition) is 3. The lowest BCUT2D eigenvalue weighted by Gasteiger charge is -2.30. The zero-order valence-electron chi connectivity index (χ0n) is 12.8. The summed E-state index contributed by atoms with van der Waals surface area (Å²) in [6.45, 7) is 0. The second-order valence-corrected chi connectivity index (χ2v) is 7.02. The van der Waals surface area contributed by atoms with Crippen LogP contribution in [0.4, 0.5) is 0 Å². The van der Waals surface area contributed by atoms with Crippen LogP contribution in [0.25, 0.3) is 0 Å². The Labute approximate surface area is 156 Å². The summed E-state index contributed by atoms with van der Waals surface area (Å²) in [6, 6.07) is 15.2. The molecule has 0 atom stereocenters. The first-order valence-electron chi connectivity index (χ1n) is 7.19. The number of benzene rings is 2. The van der Waals surface area contributed by atoms with Gasteiger partial charge in [0.1, 0.15) is 5.82 Å². The predicted octanol–water partition coefficient (Wildman–Crippen LogP) is 4.44. The summed E-state index contributed by atoms with van der Waals surface area (Å²) < 4.78 is 7.05. The van der Waals surface area contributed by atoms with Crippen LogP contribution in [0.3, 0.4) is 0 Å². The highest BCUT2D eigenvalue weighted by molar-refractivity contribution is 9.10. The number of ether oxygens (including phenoxy) is 1. The monoisotopic (exact) mass is 448 g/mol. The van der Waals surface area contributed by atoms with Crippen molar-refractivity contribution in [3.8, 4) is 0 Å². The molecule has 24 heavy (non-hydrogen) atoms. The molecule has 1 heterocycles. The zero-order valence-corrected chi connectivity index (χ0v) is 16.0. The number of nitrogens with one attached hydrogen (secondary N) is 1. The second kappa shape index (κ2) is 6.91. The first-order valence-corrected chi connectivity index (χ1v) is 8.78. The van der Waals surface area contributed by atoms with Gasteiger partial charge in [-0.25, -0.2) is 4.98 Å². The van der Waals surface area contributed by atoms with Crippen molar-refractivity contribution in [2.24, 2.45) is 0 Å². The molecule has 0 spiro atoms. The summed E-state index contributed by atoms with van der Waals surface area (Å²) in [5, 5.41) is 0. The average Bonchev–Trinajstić information content (AvgIpc) is 3.13. The van der Waals surface area contributed by atoms with E-state index in [2.05, 4.69) is 41.8 Å². The average molecular weight is 450 g/mol. The fourth-order valence-electron chi connectivity index (χ4n) is 2.80. The molecule has 4 nitrogen and oxygen atoms in total. The molecule has 1 N–H and O–H groups in total. The van der Waals surface area contributed by atoms with Crippen LogP contribution in [-0.2, 0) is 14.9 Å². The molecule has 6 heteroatoms. The van der Waals surface area contributed by atoms with Crippen molar-refractivity contribution < 1.29 is 9.53 Å². The van der Waals surface area contributed by atoms with Gasteiger partial charge in [0, 0.05) is 21.3 Å². The topological polar surface area (TPSA) is 55.0 Å². The molecule has 0 aliphatic rings. The van der Waals surface area contributed by atoms with Crippen molar-refractivity contribution in [2.45, 2.75) is 5.41 Å². The zero-order chi connectivity index (χ0) is 17.2. The van der Waals surface area contributed by atoms with Crippen molar-refractivity contribution in [3.05, 3.63) is 86.8 Å². The SMILES string of the molecule is COC(=O)C(c1ccc(Br)cc1)(c1ccc(Br)cc1)c1ncc[nH]1. The van der Waals surface area contributed by atoms with E-state index in [1.807, 2.05) is 48.5 Å². The highest BCUT2D eigenvalue weighted by Gasteiger charge is 2.47. The fraction of sp³-hybridized carbons (Fsp3) is 0.111. The van der Waals surface area contributed by atoms with Gasteiger partial charge >= 0.3 is 5.97 Å². The Kier molecular flexibility index (Phi) is 4.87. The highest BCUT2D eigenvalue weighted by atomic mass is 79.9. The minimum Gasteiger partial charge on any atom is -0.468 e. The minimum absolute atomic E-state index is 0.401. The Bertz CT molecular complexity index is 783. The Morgan fingerprint density at radius 3 is 1.88 bits per heavy atom. The molecule has 0 saturated heterocycles. The van der Waals surface area contributed by atoms with Gasteiger partial charge in [-0.1, -0.05) is 56.1 Å². The van der Waals surface area contributed by atoms with Gasteiger partial charge in [-0.15, -0.1) is 0 Å². The van der Waals surface area contributed by atoms with Crippen LogP contribution in [0.5, 0.6) is 0 Å². The molecular weight excluding hydrogens is 436 g/mol. The summed E-state index contributed by atoms with van der Waals surface area (Å²) in [4.78, 5) is 20.5. The largest absolute Gasteiger partial charge is 0.468 e. The van der Waals surface area contributed by atoms with E-state index in [1.54, 1.807) is 12.4 Å². The van der Waals surface area contributed by atoms with E-state index in [0.717, 1.165) is 20.1 Å². The van der Waals surface area contributed by atoms with Crippen LogP contribution in [0.15, 0.2) is 69.9 Å². The normalized spacial score (nSPS) is 11.3. The quantitative estimate of drug-likeness (QED) is 0.599. The molecule has 0 amide bonds. The predicted molar refractivity (Wildman–Crippen MR) is 98.8 cm³/mol. The van der Waals surface area contributed by atoms with Crippen LogP contribution in [0, 0.1) is 0 Å². The first kappa shape index (κ1) is 16.9. The summed E-state index contributed by atoms with van der Waals surface area (Å²) in [5.74, 6) is 0.112. The lowest BCUT2D eigenvalue weighted by atomic mass is 9.73. The third-order valence-electron chi connectivity index (χ3n) is 3.90. The number of carbonyl (C=O) groups is 1. The van der Waals surface area contributed by atoms with Crippen LogP contribution in [0.1, 0.15) is 17.0 Å². The van der Waals surface area contributed by atoms with E-state index in [4.69, 9.17) is 4.74 Å². The molecule has 122 valence electrons. The number of aromatic nitrogens is 2. The molecule has 0 fully saturated rings. The van der Waals surface area contributed by atoms with Gasteiger partial charge in [0.15, 0.2) is 5.41 Å². The van der Waals surface area contributed by atoms with E-state index < -0.39 is 11.4 Å². The molecule has 0 bridgehead atoms. The molecule has 0 aliphatic heterocycles. The second-order valence-electron chi connectivity index (χ2n) is 5.19. The van der Waals surface area contributed by atoms with Gasteiger partial charge in [0.2, 0.25) is 0 Å². The third kappa shape index (κ3) is 2.80. The maximum absolute atomic E-state index is 13.0. The van der Waals surface area contributed by atoms with E-state index in [1.165, 1.54) is 7.11 Å². The van der Waals surface area contributed by atoms with Crippen molar-refractivity contribution in [1.29, 1.82) is 0 Å². The smallest absolute Gasteiger partial charge is 0.328 e. The molecular formula is C18H14Br2N2O2. The number of esters is 1. The van der Waals surface area contributed by atoms with Gasteiger partial charge in [0.25, 0.3) is 0 Å². The Hall–Kier alpha value is -1.92. The van der Waals surface area contributed by atoms with E-state index >= 15 is 0 Å². The molecule has 3 rings (SSSR count). The molecule has 1 aromatic heterocycles. The number of nitrogens with zero attached hydrogens (tertiary/aromatic N) is 1. The Balaban J connectivity index is 2.35. The van der Waals surface area contributed by atoms with Crippen LogP contribution >= 0.6 is 31.9 Å². The fourth-order valence-corrected chi connectivity index (χ4v) is 3.32. The molecule has 0 radical (unpaired) electrons. The van der Waals surface area contributed by atoms with Crippen molar-refractivity contribution in [1.82, 2.24) is 9.97 Å². The number of halogens is 2. The van der Waals surface area contributed by atoms with Crippen molar-refractivity contribution >= 4 is 37.8 Å². The number of rotatable bonds is 4. The van der Waals surface area contributed by atoms with Gasteiger partial charge in [0.05, 0.1) is 7.11 Å². The number of hydrogen-bond donors (Lipinski definition) is 1. The van der Waals surface area contributed by atoms with Crippen LogP contribution < -0.4 is 0 Å². The van der Waals surface area contributed by atoms with Crippen LogP contribution in [-0.4, -0.2) is 23.0 Å². The summed E-state index contributed by atoms with van der Waals surface area (Å²) in [7, 11) is 1.39. The first-order chi connectivity index (χ1) is 11.6. The highest BCUT2D eigenvalue weighted by Crippen LogP contribution is 2.39. The maximum Gasteiger partial charge on any atom is 0.328 e. The van der Waals surface area contributed by atoms with Gasteiger partial charge in [-0.3, -0.25) is 4.79 Å². The van der Waals surface area contributed by atoms with E-state index in [9.17, 15) is 4.79 Å². The number of carbonyl (C=O) groups excluding carboxylic acids is 1. The van der Waals surface area contributed by atoms with Crippen LogP contribution in [0.2, 0.25) is 0 Å².